The molecule has 2 aromatic rings. The predicted octanol–water partition coefficient (Wildman–Crippen LogP) is 2.37. The summed E-state index contributed by atoms with van der Waals surface area (Å²) in [5.74, 6) is -1.01. The molecule has 0 aliphatic rings. The molecule has 0 aliphatic carbocycles. The molecular formula is C10H6ClN3O2S. The minimum atomic E-state index is -1.01. The third-order valence-electron chi connectivity index (χ3n) is 1.82. The lowest BCUT2D eigenvalue weighted by Gasteiger charge is -2.01. The second-order valence-electron chi connectivity index (χ2n) is 2.97. The third-order valence-corrected chi connectivity index (χ3v) is 3.18. The van der Waals surface area contributed by atoms with Gasteiger partial charge in [-0.1, -0.05) is 11.6 Å². The number of hydrogen-bond donors (Lipinski definition) is 1. The number of nitrogens with zero attached hydrogens (tertiary/aromatic N) is 3. The van der Waals surface area contributed by atoms with Gasteiger partial charge < -0.3 is 5.11 Å². The van der Waals surface area contributed by atoms with Crippen LogP contribution in [0, 0.1) is 0 Å². The first-order valence-electron chi connectivity index (χ1n) is 4.49. The Morgan fingerprint density at radius 1 is 1.29 bits per heavy atom. The van der Waals surface area contributed by atoms with E-state index < -0.39 is 5.97 Å². The van der Waals surface area contributed by atoms with E-state index in [1.165, 1.54) is 36.5 Å². The summed E-state index contributed by atoms with van der Waals surface area (Å²) in [6.07, 6.45) is 4.17. The molecule has 0 atom stereocenters. The van der Waals surface area contributed by atoms with Crippen molar-refractivity contribution in [1.82, 2.24) is 15.0 Å². The molecule has 2 heterocycles. The molecule has 0 amide bonds. The molecule has 0 radical (unpaired) electrons. The average Bonchev–Trinajstić information content (AvgIpc) is 2.33. The zero-order valence-electron chi connectivity index (χ0n) is 8.37. The Kier molecular flexibility index (Phi) is 3.55. The topological polar surface area (TPSA) is 76.0 Å². The second kappa shape index (κ2) is 5.11. The van der Waals surface area contributed by atoms with Crippen LogP contribution in [0.15, 0.2) is 40.9 Å². The average molecular weight is 268 g/mol. The van der Waals surface area contributed by atoms with E-state index in [-0.39, 0.29) is 5.56 Å². The van der Waals surface area contributed by atoms with Gasteiger partial charge in [-0.05, 0) is 23.9 Å². The molecule has 0 saturated heterocycles. The van der Waals surface area contributed by atoms with Crippen LogP contribution in [-0.2, 0) is 0 Å². The van der Waals surface area contributed by atoms with Crippen LogP contribution in [0.4, 0.5) is 0 Å². The van der Waals surface area contributed by atoms with E-state index in [9.17, 15) is 4.79 Å². The van der Waals surface area contributed by atoms with Crippen molar-refractivity contribution in [3.05, 3.63) is 41.4 Å². The van der Waals surface area contributed by atoms with Crippen molar-refractivity contribution < 1.29 is 9.90 Å². The number of carbonyl (C=O) groups is 1. The molecule has 0 saturated carbocycles. The van der Waals surface area contributed by atoms with Gasteiger partial charge in [-0.3, -0.25) is 0 Å². The van der Waals surface area contributed by atoms with Crippen molar-refractivity contribution in [3.63, 3.8) is 0 Å². The summed E-state index contributed by atoms with van der Waals surface area (Å²) in [6, 6.07) is 3.08. The predicted molar refractivity (Wildman–Crippen MR) is 62.4 cm³/mol. The summed E-state index contributed by atoms with van der Waals surface area (Å²) in [4.78, 5) is 22.4. The largest absolute Gasteiger partial charge is 0.478 e. The number of rotatable bonds is 3. The van der Waals surface area contributed by atoms with E-state index in [0.29, 0.717) is 15.1 Å². The number of hydrogen-bond acceptors (Lipinski definition) is 5. The SMILES string of the molecule is O=C(O)c1ccc(Sc2ncncc2Cl)nc1. The fourth-order valence-corrected chi connectivity index (χ4v) is 1.95. The number of pyridine rings is 1. The maximum atomic E-state index is 10.6. The molecule has 0 spiro atoms. The Balaban J connectivity index is 2.20. The molecule has 2 rings (SSSR count). The number of halogens is 1. The molecule has 0 fully saturated rings. The quantitative estimate of drug-likeness (QED) is 0.861. The monoisotopic (exact) mass is 267 g/mol. The van der Waals surface area contributed by atoms with E-state index in [4.69, 9.17) is 16.7 Å². The lowest BCUT2D eigenvalue weighted by molar-refractivity contribution is 0.0696. The van der Waals surface area contributed by atoms with Crippen LogP contribution in [0.1, 0.15) is 10.4 Å². The molecule has 0 aliphatic heterocycles. The fraction of sp³-hybridized carbons (Fsp3) is 0. The summed E-state index contributed by atoms with van der Waals surface area (Å²) >= 11 is 7.14. The zero-order chi connectivity index (χ0) is 12.3. The molecule has 5 nitrogen and oxygen atoms in total. The molecule has 7 heteroatoms. The Bertz CT molecular complexity index is 548. The summed E-state index contributed by atoms with van der Waals surface area (Å²) in [7, 11) is 0. The number of aromatic carboxylic acids is 1. The van der Waals surface area contributed by atoms with Crippen LogP contribution in [0.25, 0.3) is 0 Å². The first-order valence-corrected chi connectivity index (χ1v) is 5.69. The van der Waals surface area contributed by atoms with Gasteiger partial charge in [0.25, 0.3) is 0 Å². The minimum absolute atomic E-state index is 0.142. The van der Waals surface area contributed by atoms with Crippen LogP contribution in [0.5, 0.6) is 0 Å². The highest BCUT2D eigenvalue weighted by Gasteiger charge is 2.07. The maximum Gasteiger partial charge on any atom is 0.337 e. The number of carboxylic acids is 1. The van der Waals surface area contributed by atoms with Crippen molar-refractivity contribution in [3.8, 4) is 0 Å². The van der Waals surface area contributed by atoms with Gasteiger partial charge in [0.15, 0.2) is 0 Å². The van der Waals surface area contributed by atoms with E-state index >= 15 is 0 Å². The van der Waals surface area contributed by atoms with Gasteiger partial charge in [0.2, 0.25) is 0 Å². The summed E-state index contributed by atoms with van der Waals surface area (Å²) in [5.41, 5.74) is 0.142. The molecule has 2 aromatic heterocycles. The molecule has 86 valence electrons. The van der Waals surface area contributed by atoms with E-state index in [1.54, 1.807) is 6.07 Å². The lowest BCUT2D eigenvalue weighted by atomic mass is 10.3. The van der Waals surface area contributed by atoms with Crippen molar-refractivity contribution in [2.45, 2.75) is 10.1 Å². The molecule has 0 bridgehead atoms. The Labute approximate surface area is 106 Å². The van der Waals surface area contributed by atoms with Crippen LogP contribution >= 0.6 is 23.4 Å². The maximum absolute atomic E-state index is 10.6. The van der Waals surface area contributed by atoms with Crippen molar-refractivity contribution in [1.29, 1.82) is 0 Å². The molecule has 0 aromatic carbocycles. The number of aromatic nitrogens is 3. The molecule has 0 unspecified atom stereocenters. The molecular weight excluding hydrogens is 262 g/mol. The van der Waals surface area contributed by atoms with Gasteiger partial charge in [0, 0.05) is 6.20 Å². The van der Waals surface area contributed by atoms with Crippen molar-refractivity contribution >= 4 is 29.3 Å². The Morgan fingerprint density at radius 3 is 2.71 bits per heavy atom. The summed E-state index contributed by atoms with van der Waals surface area (Å²) < 4.78 is 0. The third kappa shape index (κ3) is 2.92. The van der Waals surface area contributed by atoms with Gasteiger partial charge in [-0.15, -0.1) is 0 Å². The molecule has 17 heavy (non-hydrogen) atoms. The van der Waals surface area contributed by atoms with Crippen LogP contribution in [0.2, 0.25) is 5.02 Å². The van der Waals surface area contributed by atoms with Gasteiger partial charge >= 0.3 is 5.97 Å². The Morgan fingerprint density at radius 2 is 2.12 bits per heavy atom. The standard InChI is InChI=1S/C10H6ClN3O2S/c11-7-4-12-5-14-9(7)17-8-2-1-6(3-13-8)10(15)16/h1-5H,(H,15,16). The highest BCUT2D eigenvalue weighted by molar-refractivity contribution is 7.99. The smallest absolute Gasteiger partial charge is 0.337 e. The van der Waals surface area contributed by atoms with E-state index in [0.717, 1.165) is 0 Å². The normalized spacial score (nSPS) is 10.2. The van der Waals surface area contributed by atoms with Gasteiger partial charge in [-0.25, -0.2) is 19.7 Å². The first kappa shape index (κ1) is 11.8. The van der Waals surface area contributed by atoms with Gasteiger partial charge in [0.05, 0.1) is 16.8 Å². The molecule has 1 N–H and O–H groups in total. The fourth-order valence-electron chi connectivity index (χ4n) is 1.04. The van der Waals surface area contributed by atoms with Gasteiger partial charge in [0.1, 0.15) is 16.4 Å². The second-order valence-corrected chi connectivity index (χ2v) is 4.38. The highest BCUT2D eigenvalue weighted by Crippen LogP contribution is 2.29. The van der Waals surface area contributed by atoms with E-state index in [1.807, 2.05) is 0 Å². The van der Waals surface area contributed by atoms with Crippen molar-refractivity contribution in [2.24, 2.45) is 0 Å². The lowest BCUT2D eigenvalue weighted by Crippen LogP contribution is -1.96. The van der Waals surface area contributed by atoms with Crippen LogP contribution in [0.3, 0.4) is 0 Å². The number of carboxylic acid groups (broad SMARTS) is 1. The Hall–Kier alpha value is -1.66. The van der Waals surface area contributed by atoms with Crippen LogP contribution in [-0.4, -0.2) is 26.0 Å². The zero-order valence-corrected chi connectivity index (χ0v) is 9.94. The summed E-state index contributed by atoms with van der Waals surface area (Å²) in [6.45, 7) is 0. The van der Waals surface area contributed by atoms with Crippen LogP contribution < -0.4 is 0 Å². The van der Waals surface area contributed by atoms with E-state index in [2.05, 4.69) is 15.0 Å². The minimum Gasteiger partial charge on any atom is -0.478 e. The first-order chi connectivity index (χ1) is 8.16. The van der Waals surface area contributed by atoms with Crippen molar-refractivity contribution in [2.75, 3.05) is 0 Å². The highest BCUT2D eigenvalue weighted by atomic mass is 35.5. The van der Waals surface area contributed by atoms with Gasteiger partial charge in [-0.2, -0.15) is 0 Å². The summed E-state index contributed by atoms with van der Waals surface area (Å²) in [5, 5.41) is 10.4.